The van der Waals surface area contributed by atoms with Crippen LogP contribution in [0.2, 0.25) is 0 Å². The lowest BCUT2D eigenvalue weighted by Gasteiger charge is -2.33. The average Bonchev–Trinajstić information content (AvgIpc) is 3.68. The van der Waals surface area contributed by atoms with Crippen LogP contribution in [0.15, 0.2) is 47.6 Å². The number of halogens is 1. The monoisotopic (exact) mass is 507 g/mol. The Morgan fingerprint density at radius 1 is 1.11 bits per heavy atom. The molecule has 3 fully saturated rings. The lowest BCUT2D eigenvalue weighted by molar-refractivity contribution is -0.134. The number of anilines is 1. The number of hydrazone groups is 1. The molecule has 1 aliphatic carbocycles. The average molecular weight is 508 g/mol. The summed E-state index contributed by atoms with van der Waals surface area (Å²) in [5.74, 6) is -0.122. The maximum absolute atomic E-state index is 15.0. The van der Waals surface area contributed by atoms with Crippen molar-refractivity contribution in [1.82, 2.24) is 15.2 Å². The summed E-state index contributed by atoms with van der Waals surface area (Å²) in [5, 5.41) is 9.13. The molecule has 2 saturated heterocycles. The molecule has 9 nitrogen and oxygen atoms in total. The summed E-state index contributed by atoms with van der Waals surface area (Å²) in [7, 11) is 0. The lowest BCUT2D eigenvalue weighted by atomic mass is 10.0. The van der Waals surface area contributed by atoms with E-state index < -0.39 is 18.0 Å². The van der Waals surface area contributed by atoms with Crippen molar-refractivity contribution >= 4 is 29.8 Å². The highest BCUT2D eigenvalue weighted by molar-refractivity contribution is 5.90. The van der Waals surface area contributed by atoms with Gasteiger partial charge in [-0.1, -0.05) is 24.3 Å². The third-order valence-electron chi connectivity index (χ3n) is 6.80. The van der Waals surface area contributed by atoms with E-state index in [1.165, 1.54) is 17.9 Å². The molecule has 194 valence electrons. The predicted octanol–water partition coefficient (Wildman–Crippen LogP) is 2.84. The molecule has 5 rings (SSSR count). The third-order valence-corrected chi connectivity index (χ3v) is 6.80. The Labute approximate surface area is 214 Å². The molecule has 0 radical (unpaired) electrons. The maximum atomic E-state index is 15.0. The van der Waals surface area contributed by atoms with Gasteiger partial charge in [-0.2, -0.15) is 5.10 Å². The van der Waals surface area contributed by atoms with Crippen LogP contribution in [-0.4, -0.2) is 79.4 Å². The first-order chi connectivity index (χ1) is 17.9. The number of amides is 3. The van der Waals surface area contributed by atoms with Crippen LogP contribution in [0.5, 0.6) is 0 Å². The van der Waals surface area contributed by atoms with Crippen molar-refractivity contribution in [2.24, 2.45) is 11.0 Å². The molecule has 2 aliphatic heterocycles. The van der Waals surface area contributed by atoms with E-state index in [4.69, 9.17) is 4.74 Å². The zero-order chi connectivity index (χ0) is 25.9. The molecule has 0 unspecified atom stereocenters. The second-order valence-electron chi connectivity index (χ2n) is 9.64. The van der Waals surface area contributed by atoms with Crippen LogP contribution in [0.4, 0.5) is 14.9 Å². The van der Waals surface area contributed by atoms with Gasteiger partial charge in [0.2, 0.25) is 11.8 Å². The molecule has 1 saturated carbocycles. The summed E-state index contributed by atoms with van der Waals surface area (Å²) in [6, 6.07) is 12.1. The lowest BCUT2D eigenvalue weighted by Crippen LogP contribution is -2.47. The Kier molecular flexibility index (Phi) is 7.07. The number of nitrogens with zero attached hydrogens (tertiary/aromatic N) is 4. The fourth-order valence-corrected chi connectivity index (χ4v) is 4.52. The van der Waals surface area contributed by atoms with Gasteiger partial charge in [0, 0.05) is 31.5 Å². The number of carbonyl (C=O) groups is 3. The maximum Gasteiger partial charge on any atom is 0.414 e. The summed E-state index contributed by atoms with van der Waals surface area (Å²) in [5.41, 5.74) is 2.42. The minimum Gasteiger partial charge on any atom is -0.442 e. The van der Waals surface area contributed by atoms with E-state index in [1.807, 2.05) is 34.2 Å². The smallest absolute Gasteiger partial charge is 0.414 e. The van der Waals surface area contributed by atoms with Crippen LogP contribution in [0.1, 0.15) is 25.3 Å². The van der Waals surface area contributed by atoms with Crippen LogP contribution in [-0.2, 0) is 14.3 Å². The molecule has 1 atom stereocenters. The van der Waals surface area contributed by atoms with Crippen molar-refractivity contribution < 1.29 is 23.5 Å². The van der Waals surface area contributed by atoms with Crippen LogP contribution >= 0.6 is 0 Å². The summed E-state index contributed by atoms with van der Waals surface area (Å²) in [4.78, 5) is 38.8. The molecule has 2 heterocycles. The molecule has 0 spiro atoms. The molecule has 3 aliphatic rings. The topological polar surface area (TPSA) is 94.5 Å². The zero-order valence-electron chi connectivity index (χ0n) is 20.7. The molecule has 37 heavy (non-hydrogen) atoms. The van der Waals surface area contributed by atoms with Gasteiger partial charge in [0.1, 0.15) is 11.9 Å². The Balaban J connectivity index is 1.17. The number of nitrogens with one attached hydrogen (secondary N) is 1. The summed E-state index contributed by atoms with van der Waals surface area (Å²) in [6.07, 6.45) is 2.77. The predicted molar refractivity (Wildman–Crippen MR) is 137 cm³/mol. The molecule has 0 bridgehead atoms. The van der Waals surface area contributed by atoms with Crippen molar-refractivity contribution in [3.8, 4) is 11.1 Å². The van der Waals surface area contributed by atoms with Gasteiger partial charge in [0.25, 0.3) is 0 Å². The molecule has 2 aromatic rings. The second-order valence-corrected chi connectivity index (χ2v) is 9.64. The van der Waals surface area contributed by atoms with Gasteiger partial charge < -0.3 is 15.0 Å². The molecule has 2 aromatic carbocycles. The number of hydrogen-bond donors (Lipinski definition) is 1. The van der Waals surface area contributed by atoms with Gasteiger partial charge in [-0.15, -0.1) is 0 Å². The Bertz CT molecular complexity index is 1210. The van der Waals surface area contributed by atoms with E-state index in [0.29, 0.717) is 43.0 Å². The number of piperazine rings is 1. The van der Waals surface area contributed by atoms with Gasteiger partial charge in [0.05, 0.1) is 38.1 Å². The van der Waals surface area contributed by atoms with Crippen molar-refractivity contribution in [1.29, 1.82) is 0 Å². The normalized spacial score (nSPS) is 19.9. The molecule has 0 aromatic heterocycles. The highest BCUT2D eigenvalue weighted by atomic mass is 19.1. The highest BCUT2D eigenvalue weighted by Crippen LogP contribution is 2.31. The number of cyclic esters (lactones) is 1. The van der Waals surface area contributed by atoms with Gasteiger partial charge >= 0.3 is 6.09 Å². The summed E-state index contributed by atoms with van der Waals surface area (Å²) < 4.78 is 20.3. The van der Waals surface area contributed by atoms with Crippen LogP contribution in [0.25, 0.3) is 11.1 Å². The molecule has 10 heteroatoms. The number of benzene rings is 2. The molecular weight excluding hydrogens is 477 g/mol. The minimum absolute atomic E-state index is 0.207. The van der Waals surface area contributed by atoms with E-state index in [9.17, 15) is 14.4 Å². The fraction of sp³-hybridized carbons (Fsp3) is 0.407. The van der Waals surface area contributed by atoms with Crippen molar-refractivity contribution in [3.63, 3.8) is 0 Å². The first kappa shape index (κ1) is 24.7. The van der Waals surface area contributed by atoms with E-state index in [1.54, 1.807) is 18.3 Å². The van der Waals surface area contributed by atoms with Crippen LogP contribution in [0.3, 0.4) is 0 Å². The van der Waals surface area contributed by atoms with Crippen molar-refractivity contribution in [3.05, 3.63) is 53.8 Å². The first-order valence-corrected chi connectivity index (χ1v) is 12.6. The van der Waals surface area contributed by atoms with Gasteiger partial charge in [-0.3, -0.25) is 19.5 Å². The SMILES string of the molecule is CC(=O)NC[C@H]1CN(c2ccc(-c3ccc(C=NN4CCN(C(=O)C5CC5)CC4)cc3)c(F)c2)C(=O)O1. The summed E-state index contributed by atoms with van der Waals surface area (Å²) in [6.45, 7) is 4.66. The Hall–Kier alpha value is -3.95. The van der Waals surface area contributed by atoms with Gasteiger partial charge in [-0.05, 0) is 42.2 Å². The number of carbonyl (C=O) groups excluding carboxylic acids is 3. The largest absolute Gasteiger partial charge is 0.442 e. The second kappa shape index (κ2) is 10.6. The number of ether oxygens (including phenoxy) is 1. The Morgan fingerprint density at radius 2 is 1.84 bits per heavy atom. The van der Waals surface area contributed by atoms with Crippen LogP contribution in [0, 0.1) is 11.7 Å². The van der Waals surface area contributed by atoms with Crippen molar-refractivity contribution in [2.45, 2.75) is 25.9 Å². The van der Waals surface area contributed by atoms with E-state index in [0.717, 1.165) is 18.4 Å². The minimum atomic E-state index is -0.568. The van der Waals surface area contributed by atoms with E-state index in [2.05, 4.69) is 10.4 Å². The first-order valence-electron chi connectivity index (χ1n) is 12.6. The standard InChI is InChI=1S/C27H30FN5O4/c1-18(34)29-16-23-17-33(27(36)37-23)22-8-9-24(25(28)14-22)20-4-2-19(3-5-20)15-30-32-12-10-31(11-13-32)26(35)21-6-7-21/h2-5,8-9,14-15,21,23H,6-7,10-13,16-17H2,1H3,(H,29,34)/t23-/m0/s1. The van der Waals surface area contributed by atoms with Crippen molar-refractivity contribution in [2.75, 3.05) is 44.2 Å². The van der Waals surface area contributed by atoms with E-state index in [-0.39, 0.29) is 30.8 Å². The number of hydrogen-bond acceptors (Lipinski definition) is 6. The highest BCUT2D eigenvalue weighted by Gasteiger charge is 2.34. The summed E-state index contributed by atoms with van der Waals surface area (Å²) >= 11 is 0. The van der Waals surface area contributed by atoms with Crippen LogP contribution < -0.4 is 10.2 Å². The number of rotatable bonds is 7. The quantitative estimate of drug-likeness (QED) is 0.582. The fourth-order valence-electron chi connectivity index (χ4n) is 4.52. The van der Waals surface area contributed by atoms with Gasteiger partial charge in [0.15, 0.2) is 0 Å². The van der Waals surface area contributed by atoms with Gasteiger partial charge in [-0.25, -0.2) is 9.18 Å². The molecular formula is C27H30FN5O4. The van der Waals surface area contributed by atoms with E-state index >= 15 is 4.39 Å². The third kappa shape index (κ3) is 5.90. The zero-order valence-corrected chi connectivity index (χ0v) is 20.7. The molecule has 3 amide bonds. The Morgan fingerprint density at radius 3 is 2.49 bits per heavy atom. The molecule has 1 N–H and O–H groups in total.